The van der Waals surface area contributed by atoms with Gasteiger partial charge in [0, 0.05) is 24.0 Å². The first-order valence-corrected chi connectivity index (χ1v) is 9.00. The number of nitrogens with one attached hydrogen (secondary N) is 1. The molecule has 1 aromatic heterocycles. The summed E-state index contributed by atoms with van der Waals surface area (Å²) < 4.78 is 0. The largest absolute Gasteiger partial charge is 0.348 e. The van der Waals surface area contributed by atoms with E-state index in [-0.39, 0.29) is 0 Å². The maximum absolute atomic E-state index is 4.78. The maximum atomic E-state index is 4.78. The summed E-state index contributed by atoms with van der Waals surface area (Å²) in [5.41, 5.74) is 1.17. The summed E-state index contributed by atoms with van der Waals surface area (Å²) in [6.45, 7) is 16.6. The average molecular weight is 313 g/mol. The van der Waals surface area contributed by atoms with Crippen LogP contribution in [0.15, 0.2) is 0 Å². The Morgan fingerprint density at radius 1 is 1.14 bits per heavy atom. The third-order valence-corrected chi connectivity index (χ3v) is 5.50. The summed E-state index contributed by atoms with van der Waals surface area (Å²) in [6, 6.07) is 0.380. The summed E-state index contributed by atoms with van der Waals surface area (Å²) in [5, 5.41) is 4.48. The van der Waals surface area contributed by atoms with E-state index in [1.54, 1.807) is 0 Å². The standard InChI is InChI=1S/C16H32N4S/c1-7-19(8-2)11-10-12-20(9-3)16-18-14(5)15(21-16)13(4)17-6/h13,17H,7-12H2,1-6H3. The van der Waals surface area contributed by atoms with Crippen LogP contribution in [0.25, 0.3) is 0 Å². The van der Waals surface area contributed by atoms with Crippen molar-refractivity contribution in [2.75, 3.05) is 44.7 Å². The Kier molecular flexibility index (Phi) is 8.22. The molecule has 1 atom stereocenters. The van der Waals surface area contributed by atoms with Crippen molar-refractivity contribution in [3.05, 3.63) is 10.6 Å². The fourth-order valence-corrected chi connectivity index (χ4v) is 3.69. The highest BCUT2D eigenvalue weighted by Gasteiger charge is 2.16. The molecule has 21 heavy (non-hydrogen) atoms. The first kappa shape index (κ1) is 18.4. The Labute approximate surface area is 134 Å². The van der Waals surface area contributed by atoms with E-state index < -0.39 is 0 Å². The van der Waals surface area contributed by atoms with Crippen LogP contribution in [-0.2, 0) is 0 Å². The molecule has 1 unspecified atom stereocenters. The van der Waals surface area contributed by atoms with Crippen molar-refractivity contribution in [3.8, 4) is 0 Å². The van der Waals surface area contributed by atoms with E-state index >= 15 is 0 Å². The predicted octanol–water partition coefficient (Wildman–Crippen LogP) is 3.29. The Balaban J connectivity index is 2.64. The van der Waals surface area contributed by atoms with Crippen LogP contribution < -0.4 is 10.2 Å². The summed E-state index contributed by atoms with van der Waals surface area (Å²) in [4.78, 5) is 11.0. The third-order valence-electron chi connectivity index (χ3n) is 4.10. The van der Waals surface area contributed by atoms with E-state index in [4.69, 9.17) is 4.98 Å². The van der Waals surface area contributed by atoms with E-state index in [0.29, 0.717) is 6.04 Å². The second-order valence-corrected chi connectivity index (χ2v) is 6.43. The quantitative estimate of drug-likeness (QED) is 0.718. The number of thiazole rings is 1. The number of hydrogen-bond donors (Lipinski definition) is 1. The van der Waals surface area contributed by atoms with E-state index in [1.807, 2.05) is 18.4 Å². The average Bonchev–Trinajstić information content (AvgIpc) is 2.88. The summed E-state index contributed by atoms with van der Waals surface area (Å²) >= 11 is 1.83. The third kappa shape index (κ3) is 5.24. The molecule has 4 nitrogen and oxygen atoms in total. The zero-order valence-electron chi connectivity index (χ0n) is 14.6. The molecular weight excluding hydrogens is 280 g/mol. The highest BCUT2D eigenvalue weighted by Crippen LogP contribution is 2.30. The van der Waals surface area contributed by atoms with Crippen LogP contribution in [-0.4, -0.2) is 49.7 Å². The lowest BCUT2D eigenvalue weighted by Crippen LogP contribution is -2.29. The van der Waals surface area contributed by atoms with E-state index in [2.05, 4.69) is 49.7 Å². The Hall–Kier alpha value is -0.650. The van der Waals surface area contributed by atoms with Gasteiger partial charge in [0.25, 0.3) is 0 Å². The van der Waals surface area contributed by atoms with Crippen LogP contribution in [0.4, 0.5) is 5.13 Å². The van der Waals surface area contributed by atoms with Crippen LogP contribution >= 0.6 is 11.3 Å². The van der Waals surface area contributed by atoms with Crippen LogP contribution in [0.3, 0.4) is 0 Å². The highest BCUT2D eigenvalue weighted by molar-refractivity contribution is 7.15. The van der Waals surface area contributed by atoms with Gasteiger partial charge in [0.05, 0.1) is 5.69 Å². The van der Waals surface area contributed by atoms with Gasteiger partial charge in [0.15, 0.2) is 5.13 Å². The summed E-state index contributed by atoms with van der Waals surface area (Å²) in [5.74, 6) is 0. The molecule has 0 aliphatic rings. The van der Waals surface area contributed by atoms with Crippen molar-refractivity contribution in [2.24, 2.45) is 0 Å². The molecule has 1 N–H and O–H groups in total. The summed E-state index contributed by atoms with van der Waals surface area (Å²) in [7, 11) is 2.01. The van der Waals surface area contributed by atoms with E-state index in [9.17, 15) is 0 Å². The van der Waals surface area contributed by atoms with Gasteiger partial charge in [-0.25, -0.2) is 4.98 Å². The van der Waals surface area contributed by atoms with Gasteiger partial charge in [0.2, 0.25) is 0 Å². The zero-order valence-corrected chi connectivity index (χ0v) is 15.4. The SMILES string of the molecule is CCN(CC)CCCN(CC)c1nc(C)c(C(C)NC)s1. The predicted molar refractivity (Wildman–Crippen MR) is 94.6 cm³/mol. The molecule has 0 bridgehead atoms. The van der Waals surface area contributed by atoms with Gasteiger partial charge in [-0.2, -0.15) is 0 Å². The second kappa shape index (κ2) is 9.38. The van der Waals surface area contributed by atoms with Gasteiger partial charge in [-0.15, -0.1) is 11.3 Å². The minimum atomic E-state index is 0.380. The molecule has 0 fully saturated rings. The van der Waals surface area contributed by atoms with Gasteiger partial charge >= 0.3 is 0 Å². The molecule has 0 spiro atoms. The highest BCUT2D eigenvalue weighted by atomic mass is 32.1. The molecule has 0 amide bonds. The number of nitrogens with zero attached hydrogens (tertiary/aromatic N) is 3. The molecule has 122 valence electrons. The van der Waals surface area contributed by atoms with Crippen LogP contribution in [0, 0.1) is 6.92 Å². The number of aromatic nitrogens is 1. The van der Waals surface area contributed by atoms with E-state index in [0.717, 1.165) is 26.2 Å². The molecule has 0 radical (unpaired) electrons. The molecule has 0 aliphatic heterocycles. The number of anilines is 1. The lowest BCUT2D eigenvalue weighted by Gasteiger charge is -2.23. The van der Waals surface area contributed by atoms with Crippen molar-refractivity contribution in [3.63, 3.8) is 0 Å². The first-order valence-electron chi connectivity index (χ1n) is 8.19. The Morgan fingerprint density at radius 2 is 1.81 bits per heavy atom. The number of hydrogen-bond acceptors (Lipinski definition) is 5. The topological polar surface area (TPSA) is 31.4 Å². The fraction of sp³-hybridized carbons (Fsp3) is 0.812. The van der Waals surface area contributed by atoms with Gasteiger partial charge in [0.1, 0.15) is 0 Å². The van der Waals surface area contributed by atoms with Gasteiger partial charge in [-0.3, -0.25) is 0 Å². The second-order valence-electron chi connectivity index (χ2n) is 5.42. The Morgan fingerprint density at radius 3 is 2.33 bits per heavy atom. The van der Waals surface area contributed by atoms with Crippen LogP contribution in [0.5, 0.6) is 0 Å². The fourth-order valence-electron chi connectivity index (χ4n) is 2.48. The monoisotopic (exact) mass is 312 g/mol. The first-order chi connectivity index (χ1) is 10.1. The molecule has 0 aliphatic carbocycles. The van der Waals surface area contributed by atoms with Crippen molar-refractivity contribution < 1.29 is 0 Å². The molecule has 0 saturated heterocycles. The minimum absolute atomic E-state index is 0.380. The van der Waals surface area contributed by atoms with Crippen molar-refractivity contribution in [1.29, 1.82) is 0 Å². The molecule has 1 heterocycles. The van der Waals surface area contributed by atoms with E-state index in [1.165, 1.54) is 28.7 Å². The van der Waals surface area contributed by atoms with Crippen LogP contribution in [0.1, 0.15) is 50.7 Å². The molecule has 0 saturated carbocycles. The molecule has 1 aromatic rings. The molecule has 5 heteroatoms. The lowest BCUT2D eigenvalue weighted by atomic mass is 10.2. The van der Waals surface area contributed by atoms with Gasteiger partial charge in [-0.05, 0) is 53.9 Å². The smallest absolute Gasteiger partial charge is 0.185 e. The summed E-state index contributed by atoms with van der Waals surface area (Å²) in [6.07, 6.45) is 1.20. The van der Waals surface area contributed by atoms with Crippen molar-refractivity contribution in [1.82, 2.24) is 15.2 Å². The number of rotatable bonds is 10. The van der Waals surface area contributed by atoms with Crippen molar-refractivity contribution >= 4 is 16.5 Å². The van der Waals surface area contributed by atoms with Crippen molar-refractivity contribution in [2.45, 2.75) is 47.1 Å². The maximum Gasteiger partial charge on any atom is 0.185 e. The van der Waals surface area contributed by atoms with Gasteiger partial charge in [-0.1, -0.05) is 13.8 Å². The van der Waals surface area contributed by atoms with Crippen LogP contribution in [0.2, 0.25) is 0 Å². The minimum Gasteiger partial charge on any atom is -0.348 e. The zero-order chi connectivity index (χ0) is 15.8. The normalized spacial score (nSPS) is 12.9. The Bertz CT molecular complexity index is 401. The molecule has 0 aromatic carbocycles. The number of aryl methyl sites for hydroxylation is 1. The molecule has 1 rings (SSSR count). The molecular formula is C16H32N4S. The van der Waals surface area contributed by atoms with Gasteiger partial charge < -0.3 is 15.1 Å². The lowest BCUT2D eigenvalue weighted by molar-refractivity contribution is 0.301.